The Morgan fingerprint density at radius 2 is 1.93 bits per heavy atom. The molecule has 1 aliphatic heterocycles. The lowest BCUT2D eigenvalue weighted by atomic mass is 10.0. The van der Waals surface area contributed by atoms with E-state index in [0.717, 1.165) is 19.3 Å². The highest BCUT2D eigenvalue weighted by Crippen LogP contribution is 2.35. The molecule has 0 aromatic carbocycles. The van der Waals surface area contributed by atoms with Crippen molar-refractivity contribution < 1.29 is 27.8 Å². The average Bonchev–Trinajstić information content (AvgIpc) is 3.25. The van der Waals surface area contributed by atoms with Gasteiger partial charge in [-0.2, -0.15) is 15.0 Å². The molecule has 0 bridgehead atoms. The number of ether oxygens (including phenoxy) is 3. The Balaban J connectivity index is 0.000000581. The highest BCUT2D eigenvalue weighted by Gasteiger charge is 2.27. The zero-order valence-corrected chi connectivity index (χ0v) is 27.3. The van der Waals surface area contributed by atoms with Crippen LogP contribution in [0.3, 0.4) is 0 Å². The summed E-state index contributed by atoms with van der Waals surface area (Å²) in [4.78, 5) is 28.2. The predicted octanol–water partition coefficient (Wildman–Crippen LogP) is 6.36. The molecule has 2 aromatic rings. The smallest absolute Gasteiger partial charge is 0.410 e. The number of amides is 1. The van der Waals surface area contributed by atoms with E-state index in [9.17, 15) is 13.6 Å². The number of likely N-dealkylation sites (tertiary alicyclic amines) is 1. The van der Waals surface area contributed by atoms with Crippen LogP contribution in [0.1, 0.15) is 67.2 Å². The summed E-state index contributed by atoms with van der Waals surface area (Å²) in [6.07, 6.45) is 2.06. The van der Waals surface area contributed by atoms with Crippen molar-refractivity contribution in [3.8, 4) is 11.9 Å². The Kier molecular flexibility index (Phi) is 13.2. The maximum absolute atomic E-state index is 14.6. The molecule has 4 unspecified atom stereocenters. The summed E-state index contributed by atoms with van der Waals surface area (Å²) in [7, 11) is 6.74. The fourth-order valence-electron chi connectivity index (χ4n) is 4.71. The number of alkyl halides is 1. The number of carbonyl (C=O) groups excluding carboxylic acids is 1. The van der Waals surface area contributed by atoms with Crippen LogP contribution >= 0.6 is 11.6 Å². The molecule has 3 rings (SSSR count). The van der Waals surface area contributed by atoms with Crippen LogP contribution in [0.25, 0.3) is 10.9 Å². The van der Waals surface area contributed by atoms with E-state index in [4.69, 9.17) is 25.8 Å². The van der Waals surface area contributed by atoms with Gasteiger partial charge in [0.15, 0.2) is 11.0 Å². The van der Waals surface area contributed by atoms with Crippen molar-refractivity contribution in [3.63, 3.8) is 0 Å². The average molecular weight is 617 g/mol. The van der Waals surface area contributed by atoms with E-state index in [0.29, 0.717) is 31.4 Å². The maximum atomic E-state index is 14.6. The zero-order valence-electron chi connectivity index (χ0n) is 26.6. The summed E-state index contributed by atoms with van der Waals surface area (Å²) in [6.45, 7) is 12.8. The molecular formula is C29H47ClF2N6O4. The van der Waals surface area contributed by atoms with Gasteiger partial charge in [-0.3, -0.25) is 0 Å². The number of rotatable bonds is 10. The fraction of sp³-hybridized carbons (Fsp3) is 0.724. The van der Waals surface area contributed by atoms with E-state index in [1.807, 2.05) is 34.7 Å². The second kappa shape index (κ2) is 15.7. The minimum absolute atomic E-state index is 0.00487. The first kappa shape index (κ1) is 35.5. The first-order valence-electron chi connectivity index (χ1n) is 14.3. The molecule has 0 aliphatic carbocycles. The van der Waals surface area contributed by atoms with Gasteiger partial charge >= 0.3 is 12.1 Å². The summed E-state index contributed by atoms with van der Waals surface area (Å²) < 4.78 is 43.7. The minimum atomic E-state index is -0.776. The van der Waals surface area contributed by atoms with Gasteiger partial charge in [0.2, 0.25) is 5.88 Å². The Hall–Kier alpha value is -2.73. The number of halogens is 3. The number of aromatic nitrogens is 3. The number of methoxy groups -OCH3 is 1. The molecule has 1 saturated heterocycles. The van der Waals surface area contributed by atoms with Gasteiger partial charge < -0.3 is 29.3 Å². The topological polar surface area (TPSA) is 102 Å². The van der Waals surface area contributed by atoms with Gasteiger partial charge in [-0.15, -0.1) is 0 Å². The molecule has 10 nitrogen and oxygen atoms in total. The van der Waals surface area contributed by atoms with Crippen LogP contribution in [-0.4, -0.2) is 96.1 Å². The van der Waals surface area contributed by atoms with Gasteiger partial charge in [0.25, 0.3) is 0 Å². The van der Waals surface area contributed by atoms with Gasteiger partial charge in [0.05, 0.1) is 13.2 Å². The van der Waals surface area contributed by atoms with Crippen molar-refractivity contribution in [3.05, 3.63) is 11.0 Å². The van der Waals surface area contributed by atoms with Gasteiger partial charge in [0.1, 0.15) is 28.5 Å². The summed E-state index contributed by atoms with van der Waals surface area (Å²) in [5.41, 5.74) is -0.578. The molecule has 13 heteroatoms. The Bertz CT molecular complexity index is 1190. The van der Waals surface area contributed by atoms with Gasteiger partial charge in [0, 0.05) is 33.2 Å². The number of pyridine rings is 1. The van der Waals surface area contributed by atoms with Crippen LogP contribution in [0, 0.1) is 11.7 Å². The first-order chi connectivity index (χ1) is 19.6. The molecule has 0 saturated carbocycles. The normalized spacial score (nSPS) is 18.6. The molecule has 1 fully saturated rings. The lowest BCUT2D eigenvalue weighted by Crippen LogP contribution is -2.35. The molecule has 1 aliphatic rings. The molecule has 1 amide bonds. The summed E-state index contributed by atoms with van der Waals surface area (Å²) in [6, 6.07) is 0.495. The third-order valence-electron chi connectivity index (χ3n) is 6.93. The van der Waals surface area contributed by atoms with E-state index in [1.54, 1.807) is 19.0 Å². The maximum Gasteiger partial charge on any atom is 0.410 e. The lowest BCUT2D eigenvalue weighted by molar-refractivity contribution is 0.0289. The monoisotopic (exact) mass is 616 g/mol. The Morgan fingerprint density at radius 1 is 1.26 bits per heavy atom. The molecule has 4 atom stereocenters. The van der Waals surface area contributed by atoms with Crippen molar-refractivity contribution >= 4 is 34.4 Å². The zero-order chi connectivity index (χ0) is 31.8. The van der Waals surface area contributed by atoms with Crippen LogP contribution in [-0.2, 0) is 4.74 Å². The van der Waals surface area contributed by atoms with Crippen molar-refractivity contribution in [1.29, 1.82) is 0 Å². The van der Waals surface area contributed by atoms with Gasteiger partial charge in [-0.05, 0) is 66.3 Å². The molecular weight excluding hydrogens is 570 g/mol. The first-order valence-corrected chi connectivity index (χ1v) is 14.7. The SMILES string of the molecule is CCC1CC(F)CN1C.CNc1nc(OC)nc2c(F)c(Cl)nc(OC(C)CC(C)CCN(C)C(=O)OC(C)(C)C)c12. The molecule has 3 heterocycles. The van der Waals surface area contributed by atoms with E-state index < -0.39 is 17.6 Å². The Morgan fingerprint density at radius 3 is 2.43 bits per heavy atom. The van der Waals surface area contributed by atoms with E-state index in [2.05, 4.69) is 39.0 Å². The number of carbonyl (C=O) groups is 1. The number of nitrogens with one attached hydrogen (secondary N) is 1. The molecule has 1 N–H and O–H groups in total. The van der Waals surface area contributed by atoms with Crippen LogP contribution in [0.2, 0.25) is 5.15 Å². The van der Waals surface area contributed by atoms with Crippen LogP contribution < -0.4 is 14.8 Å². The van der Waals surface area contributed by atoms with Crippen LogP contribution in [0.15, 0.2) is 0 Å². The third-order valence-corrected chi connectivity index (χ3v) is 7.18. The van der Waals surface area contributed by atoms with Crippen molar-refractivity contribution in [2.24, 2.45) is 5.92 Å². The van der Waals surface area contributed by atoms with Gasteiger partial charge in [-0.1, -0.05) is 25.4 Å². The predicted molar refractivity (Wildman–Crippen MR) is 162 cm³/mol. The standard InChI is InChI=1S/C22H33ClFN5O4.C7H14FN/c1-12(9-10-29(7)21(30)33-22(3,4)5)11-13(2)32-19-14-16(15(24)17(23)27-19)26-20(31-8)28-18(14)25-6;1-3-7-4-6(8)5-9(7)2/h12-13H,9-11H2,1-8H3,(H,25,26,28);6-7H,3-5H2,1-2H3. The molecule has 238 valence electrons. The summed E-state index contributed by atoms with van der Waals surface area (Å²) in [5.74, 6) is -0.0993. The molecule has 2 aromatic heterocycles. The van der Waals surface area contributed by atoms with E-state index in [1.165, 1.54) is 7.11 Å². The molecule has 42 heavy (non-hydrogen) atoms. The third kappa shape index (κ3) is 10.2. The van der Waals surface area contributed by atoms with Crippen molar-refractivity contribution in [2.45, 2.75) is 91.1 Å². The van der Waals surface area contributed by atoms with Crippen molar-refractivity contribution in [2.75, 3.05) is 46.7 Å². The molecule has 0 spiro atoms. The van der Waals surface area contributed by atoms with E-state index >= 15 is 0 Å². The van der Waals surface area contributed by atoms with Crippen LogP contribution in [0.4, 0.5) is 19.4 Å². The highest BCUT2D eigenvalue weighted by molar-refractivity contribution is 6.30. The van der Waals surface area contributed by atoms with Crippen LogP contribution in [0.5, 0.6) is 11.9 Å². The van der Waals surface area contributed by atoms with Crippen molar-refractivity contribution in [1.82, 2.24) is 24.8 Å². The highest BCUT2D eigenvalue weighted by atomic mass is 35.5. The number of nitrogens with zero attached hydrogens (tertiary/aromatic N) is 5. The summed E-state index contributed by atoms with van der Waals surface area (Å²) in [5, 5.41) is 2.83. The second-order valence-electron chi connectivity index (χ2n) is 11.8. The quantitative estimate of drug-likeness (QED) is 0.306. The fourth-order valence-corrected chi connectivity index (χ4v) is 4.88. The number of hydrogen-bond acceptors (Lipinski definition) is 9. The molecule has 0 radical (unpaired) electrons. The minimum Gasteiger partial charge on any atom is -0.474 e. The number of anilines is 1. The lowest BCUT2D eigenvalue weighted by Gasteiger charge is -2.26. The summed E-state index contributed by atoms with van der Waals surface area (Å²) >= 11 is 6.00. The largest absolute Gasteiger partial charge is 0.474 e. The van der Waals surface area contributed by atoms with E-state index in [-0.39, 0.29) is 46.1 Å². The number of fused-ring (bicyclic) bond motifs is 1. The second-order valence-corrected chi connectivity index (χ2v) is 12.2. The number of hydrogen-bond donors (Lipinski definition) is 1. The Labute approximate surface area is 253 Å². The van der Waals surface area contributed by atoms with Gasteiger partial charge in [-0.25, -0.2) is 13.6 Å².